The maximum atomic E-state index is 12.9. The fourth-order valence-electron chi connectivity index (χ4n) is 4.22. The summed E-state index contributed by atoms with van der Waals surface area (Å²) in [6.45, 7) is 5.28. The first kappa shape index (κ1) is 20.5. The molecule has 2 aliphatic heterocycles. The zero-order valence-corrected chi connectivity index (χ0v) is 17.5. The first-order valence-electron chi connectivity index (χ1n) is 10.6. The number of likely N-dealkylation sites (tertiary alicyclic amines) is 1. The Morgan fingerprint density at radius 2 is 1.90 bits per heavy atom. The van der Waals surface area contributed by atoms with Gasteiger partial charge in [0.25, 0.3) is 0 Å². The quantitative estimate of drug-likeness (QED) is 0.725. The molecule has 2 amide bonds. The molecular weight excluding hydrogens is 378 g/mol. The van der Waals surface area contributed by atoms with Gasteiger partial charge >= 0.3 is 0 Å². The van der Waals surface area contributed by atoms with Crippen LogP contribution in [-0.4, -0.2) is 40.8 Å². The molecule has 0 aliphatic carbocycles. The van der Waals surface area contributed by atoms with E-state index in [1.165, 1.54) is 0 Å². The topological polar surface area (TPSA) is 86.4 Å². The third-order valence-corrected chi connectivity index (χ3v) is 6.33. The maximum Gasteiger partial charge on any atom is 0.241 e. The second-order valence-corrected chi connectivity index (χ2v) is 8.25. The molecule has 2 fully saturated rings. The Bertz CT molecular complexity index is 909. The molecule has 2 aromatic rings. The van der Waals surface area contributed by atoms with Crippen molar-refractivity contribution in [1.82, 2.24) is 20.7 Å². The number of rotatable bonds is 4. The number of benzene rings is 1. The van der Waals surface area contributed by atoms with Crippen LogP contribution in [0, 0.1) is 19.8 Å². The van der Waals surface area contributed by atoms with Gasteiger partial charge in [0.1, 0.15) is 6.04 Å². The lowest BCUT2D eigenvalue weighted by Crippen LogP contribution is -2.49. The van der Waals surface area contributed by atoms with Gasteiger partial charge in [0, 0.05) is 43.1 Å². The Balaban J connectivity index is 1.28. The molecule has 7 nitrogen and oxygen atoms in total. The molecule has 2 aliphatic rings. The van der Waals surface area contributed by atoms with Crippen LogP contribution in [0.1, 0.15) is 42.0 Å². The third kappa shape index (κ3) is 4.37. The largest absolute Gasteiger partial charge is 0.341 e. The number of nitrogens with zero attached hydrogens (tertiary/aromatic N) is 2. The number of carbonyl (C=O) groups excluding carboxylic acids is 2. The zero-order chi connectivity index (χ0) is 21.1. The number of nitrogens with one attached hydrogen (secondary N) is 3. The molecule has 0 spiro atoms. The Labute approximate surface area is 177 Å². The van der Waals surface area contributed by atoms with Gasteiger partial charge in [-0.05, 0) is 61.9 Å². The Kier molecular flexibility index (Phi) is 6.11. The summed E-state index contributed by atoms with van der Waals surface area (Å²) in [6.07, 6.45) is 5.64. The van der Waals surface area contributed by atoms with E-state index in [9.17, 15) is 9.59 Å². The lowest BCUT2D eigenvalue weighted by atomic mass is 9.94. The highest BCUT2D eigenvalue weighted by Gasteiger charge is 2.35. The van der Waals surface area contributed by atoms with Crippen LogP contribution in [0.4, 0.5) is 5.69 Å². The fourth-order valence-corrected chi connectivity index (χ4v) is 4.22. The smallest absolute Gasteiger partial charge is 0.241 e. The molecule has 0 bridgehead atoms. The van der Waals surface area contributed by atoms with Crippen LogP contribution in [0.15, 0.2) is 42.7 Å². The third-order valence-electron chi connectivity index (χ3n) is 6.33. The van der Waals surface area contributed by atoms with E-state index in [2.05, 4.69) is 21.2 Å². The van der Waals surface area contributed by atoms with E-state index in [0.717, 1.165) is 22.4 Å². The lowest BCUT2D eigenvalue weighted by Gasteiger charge is -2.33. The minimum absolute atomic E-state index is 0.0492. The predicted molar refractivity (Wildman–Crippen MR) is 116 cm³/mol. The van der Waals surface area contributed by atoms with Crippen molar-refractivity contribution >= 4 is 17.5 Å². The van der Waals surface area contributed by atoms with Gasteiger partial charge in [-0.1, -0.05) is 18.2 Å². The van der Waals surface area contributed by atoms with Crippen molar-refractivity contribution in [2.45, 2.75) is 45.2 Å². The molecule has 0 radical (unpaired) electrons. The standard InChI is InChI=1S/C23H29N5O2/c1-15-5-3-7-19(16(15)2)25-22(29)17-8-11-28(12-9-17)23(30)21-13-20(26-27-21)18-6-4-10-24-14-18/h3-7,10,14,17,20-21,26-27H,8-9,11-13H2,1-2H3,(H,25,29). The van der Waals surface area contributed by atoms with Crippen molar-refractivity contribution in [3.8, 4) is 0 Å². The minimum atomic E-state index is -0.254. The van der Waals surface area contributed by atoms with Gasteiger partial charge < -0.3 is 10.2 Å². The molecule has 3 N–H and O–H groups in total. The van der Waals surface area contributed by atoms with Gasteiger partial charge in [-0.2, -0.15) is 0 Å². The lowest BCUT2D eigenvalue weighted by molar-refractivity contribution is -0.136. The van der Waals surface area contributed by atoms with Gasteiger partial charge in [0.15, 0.2) is 0 Å². The van der Waals surface area contributed by atoms with E-state index < -0.39 is 0 Å². The monoisotopic (exact) mass is 407 g/mol. The summed E-state index contributed by atoms with van der Waals surface area (Å²) in [7, 11) is 0. The Morgan fingerprint density at radius 1 is 1.10 bits per heavy atom. The number of hydrazine groups is 1. The number of piperidine rings is 1. The van der Waals surface area contributed by atoms with E-state index in [-0.39, 0.29) is 29.8 Å². The molecule has 2 unspecified atom stereocenters. The molecule has 7 heteroatoms. The Morgan fingerprint density at radius 3 is 2.63 bits per heavy atom. The molecule has 1 aromatic heterocycles. The average Bonchev–Trinajstić information content (AvgIpc) is 3.27. The number of anilines is 1. The molecule has 3 heterocycles. The van der Waals surface area contributed by atoms with Crippen LogP contribution in [-0.2, 0) is 9.59 Å². The van der Waals surface area contributed by atoms with Crippen molar-refractivity contribution in [2.75, 3.05) is 18.4 Å². The molecule has 158 valence electrons. The minimum Gasteiger partial charge on any atom is -0.341 e. The maximum absolute atomic E-state index is 12.9. The number of carbonyl (C=O) groups is 2. The first-order valence-corrected chi connectivity index (χ1v) is 10.6. The van der Waals surface area contributed by atoms with Crippen LogP contribution in [0.5, 0.6) is 0 Å². The van der Waals surface area contributed by atoms with Crippen molar-refractivity contribution in [2.24, 2.45) is 5.92 Å². The Hall–Kier alpha value is -2.77. The summed E-state index contributed by atoms with van der Waals surface area (Å²) in [6, 6.07) is 9.68. The predicted octanol–water partition coefficient (Wildman–Crippen LogP) is 2.48. The van der Waals surface area contributed by atoms with Gasteiger partial charge in [0.2, 0.25) is 11.8 Å². The highest BCUT2D eigenvalue weighted by atomic mass is 16.2. The number of amides is 2. The summed E-state index contributed by atoms with van der Waals surface area (Å²) >= 11 is 0. The molecule has 4 rings (SSSR count). The van der Waals surface area contributed by atoms with Crippen molar-refractivity contribution in [3.63, 3.8) is 0 Å². The number of aromatic nitrogens is 1. The zero-order valence-electron chi connectivity index (χ0n) is 17.5. The second-order valence-electron chi connectivity index (χ2n) is 8.25. The first-order chi connectivity index (χ1) is 14.5. The van der Waals surface area contributed by atoms with Gasteiger partial charge in [-0.25, -0.2) is 10.9 Å². The number of hydrogen-bond donors (Lipinski definition) is 3. The highest BCUT2D eigenvalue weighted by Crippen LogP contribution is 2.26. The van der Waals surface area contributed by atoms with E-state index in [0.29, 0.717) is 32.4 Å². The second kappa shape index (κ2) is 8.93. The van der Waals surface area contributed by atoms with Gasteiger partial charge in [-0.3, -0.25) is 14.6 Å². The van der Waals surface area contributed by atoms with Crippen LogP contribution in [0.3, 0.4) is 0 Å². The highest BCUT2D eigenvalue weighted by molar-refractivity contribution is 5.93. The average molecular weight is 408 g/mol. The molecule has 1 aromatic carbocycles. The normalized spacial score (nSPS) is 22.1. The van der Waals surface area contributed by atoms with Gasteiger partial charge in [0.05, 0.1) is 0 Å². The summed E-state index contributed by atoms with van der Waals surface area (Å²) in [5.41, 5.74) is 10.5. The van der Waals surface area contributed by atoms with E-state index in [1.54, 1.807) is 6.20 Å². The van der Waals surface area contributed by atoms with Crippen LogP contribution in [0.25, 0.3) is 0 Å². The van der Waals surface area contributed by atoms with Crippen LogP contribution in [0.2, 0.25) is 0 Å². The number of aryl methyl sites for hydroxylation is 1. The van der Waals surface area contributed by atoms with E-state index >= 15 is 0 Å². The van der Waals surface area contributed by atoms with Crippen LogP contribution >= 0.6 is 0 Å². The van der Waals surface area contributed by atoms with Crippen molar-refractivity contribution < 1.29 is 9.59 Å². The summed E-state index contributed by atoms with van der Waals surface area (Å²) in [5.74, 6) is 0.0853. The molecular formula is C23H29N5O2. The SMILES string of the molecule is Cc1cccc(NC(=O)C2CCN(C(=O)C3CC(c4cccnc4)NN3)CC2)c1C. The number of hydrogen-bond acceptors (Lipinski definition) is 5. The van der Waals surface area contributed by atoms with Crippen molar-refractivity contribution in [3.05, 3.63) is 59.4 Å². The summed E-state index contributed by atoms with van der Waals surface area (Å²) in [5, 5.41) is 3.07. The number of pyridine rings is 1. The molecule has 2 atom stereocenters. The summed E-state index contributed by atoms with van der Waals surface area (Å²) in [4.78, 5) is 31.7. The van der Waals surface area contributed by atoms with E-state index in [1.807, 2.05) is 55.3 Å². The summed E-state index contributed by atoms with van der Waals surface area (Å²) < 4.78 is 0. The van der Waals surface area contributed by atoms with Crippen molar-refractivity contribution in [1.29, 1.82) is 0 Å². The molecule has 2 saturated heterocycles. The van der Waals surface area contributed by atoms with Gasteiger partial charge in [-0.15, -0.1) is 0 Å². The fraction of sp³-hybridized carbons (Fsp3) is 0.435. The van der Waals surface area contributed by atoms with E-state index in [4.69, 9.17) is 0 Å². The van der Waals surface area contributed by atoms with Crippen LogP contribution < -0.4 is 16.2 Å². The molecule has 0 saturated carbocycles. The molecule has 30 heavy (non-hydrogen) atoms.